The smallest absolute Gasteiger partial charge is 0.267 e. The van der Waals surface area contributed by atoms with Crippen molar-refractivity contribution >= 4 is 73.6 Å². The van der Waals surface area contributed by atoms with Crippen LogP contribution in [-0.4, -0.2) is 11.7 Å². The first-order valence-electron chi connectivity index (χ1n) is 6.86. The summed E-state index contributed by atoms with van der Waals surface area (Å²) in [6.45, 7) is 1.49. The number of anilines is 1. The number of benzene rings is 2. The molecule has 0 bridgehead atoms. The number of hydrogen-bond donors (Lipinski definition) is 1. The third kappa shape index (κ3) is 3.28. The van der Waals surface area contributed by atoms with E-state index in [1.54, 1.807) is 36.4 Å². The molecule has 1 amide bonds. The topological polar surface area (TPSA) is 46.2 Å². The second-order valence-corrected chi connectivity index (χ2v) is 7.37. The number of carbonyl (C=O) groups is 2. The highest BCUT2D eigenvalue weighted by Crippen LogP contribution is 2.41. The molecule has 0 saturated heterocycles. The standard InChI is InChI=1S/C17H10Cl3NO2S/c1-8(22)9-2-4-11(5-3-9)21-17(23)16-15(20)14-12(19)6-10(18)7-13(14)24-16/h2-7H,1H3,(H,21,23). The van der Waals surface area contributed by atoms with Gasteiger partial charge in [0, 0.05) is 26.4 Å². The van der Waals surface area contributed by atoms with E-state index in [1.165, 1.54) is 18.3 Å². The Labute approximate surface area is 157 Å². The number of amides is 1. The molecule has 1 heterocycles. The number of halogens is 3. The van der Waals surface area contributed by atoms with Gasteiger partial charge < -0.3 is 5.32 Å². The Kier molecular flexibility index (Phi) is 4.83. The van der Waals surface area contributed by atoms with E-state index in [-0.39, 0.29) is 11.7 Å². The van der Waals surface area contributed by atoms with Crippen molar-refractivity contribution in [3.05, 3.63) is 61.9 Å². The van der Waals surface area contributed by atoms with Crippen LogP contribution in [0.25, 0.3) is 10.1 Å². The molecule has 122 valence electrons. The molecule has 7 heteroatoms. The molecule has 3 rings (SSSR count). The van der Waals surface area contributed by atoms with E-state index in [1.807, 2.05) is 0 Å². The van der Waals surface area contributed by atoms with Gasteiger partial charge in [-0.05, 0) is 43.3 Å². The SMILES string of the molecule is CC(=O)c1ccc(NC(=O)c2sc3cc(Cl)cc(Cl)c3c2Cl)cc1. The van der Waals surface area contributed by atoms with Crippen LogP contribution in [0.15, 0.2) is 36.4 Å². The number of hydrogen-bond acceptors (Lipinski definition) is 3. The summed E-state index contributed by atoms with van der Waals surface area (Å²) in [5.41, 5.74) is 1.15. The van der Waals surface area contributed by atoms with Crippen molar-refractivity contribution in [1.29, 1.82) is 0 Å². The number of rotatable bonds is 3. The van der Waals surface area contributed by atoms with Gasteiger partial charge in [0.1, 0.15) is 4.88 Å². The van der Waals surface area contributed by atoms with Crippen LogP contribution in [0.4, 0.5) is 5.69 Å². The molecule has 1 aromatic heterocycles. The van der Waals surface area contributed by atoms with E-state index in [0.717, 1.165) is 4.70 Å². The lowest BCUT2D eigenvalue weighted by molar-refractivity contribution is 0.101. The molecule has 24 heavy (non-hydrogen) atoms. The van der Waals surface area contributed by atoms with Crippen molar-refractivity contribution in [2.45, 2.75) is 6.92 Å². The molecule has 0 fully saturated rings. The quantitative estimate of drug-likeness (QED) is 0.525. The first-order valence-corrected chi connectivity index (χ1v) is 8.81. The second kappa shape index (κ2) is 6.73. The van der Waals surface area contributed by atoms with Gasteiger partial charge >= 0.3 is 0 Å². The summed E-state index contributed by atoms with van der Waals surface area (Å²) in [6.07, 6.45) is 0. The van der Waals surface area contributed by atoms with Gasteiger partial charge in [-0.3, -0.25) is 9.59 Å². The molecular formula is C17H10Cl3NO2S. The van der Waals surface area contributed by atoms with E-state index >= 15 is 0 Å². The summed E-state index contributed by atoms with van der Waals surface area (Å²) in [4.78, 5) is 24.1. The average molecular weight is 399 g/mol. The lowest BCUT2D eigenvalue weighted by atomic mass is 10.1. The average Bonchev–Trinajstić information content (AvgIpc) is 2.84. The highest BCUT2D eigenvalue weighted by atomic mass is 35.5. The van der Waals surface area contributed by atoms with Crippen molar-refractivity contribution in [3.8, 4) is 0 Å². The summed E-state index contributed by atoms with van der Waals surface area (Å²) in [5.74, 6) is -0.379. The van der Waals surface area contributed by atoms with Crippen LogP contribution < -0.4 is 5.32 Å². The van der Waals surface area contributed by atoms with E-state index in [0.29, 0.717) is 36.6 Å². The first kappa shape index (κ1) is 17.2. The van der Waals surface area contributed by atoms with Gasteiger partial charge in [-0.1, -0.05) is 34.8 Å². The fraction of sp³-hybridized carbons (Fsp3) is 0.0588. The van der Waals surface area contributed by atoms with Crippen LogP contribution in [0, 0.1) is 0 Å². The third-order valence-corrected chi connectivity index (χ3v) is 5.55. The maximum absolute atomic E-state index is 12.5. The van der Waals surface area contributed by atoms with Gasteiger partial charge in [-0.25, -0.2) is 0 Å². The Morgan fingerprint density at radius 3 is 2.33 bits per heavy atom. The Hall–Kier alpha value is -1.59. The Balaban J connectivity index is 1.92. The minimum absolute atomic E-state index is 0.0352. The lowest BCUT2D eigenvalue weighted by Crippen LogP contribution is -2.10. The Morgan fingerprint density at radius 1 is 1.04 bits per heavy atom. The molecule has 0 aliphatic carbocycles. The van der Waals surface area contributed by atoms with Crippen LogP contribution in [0.5, 0.6) is 0 Å². The summed E-state index contributed by atoms with van der Waals surface area (Å²) in [7, 11) is 0. The number of thiophene rings is 1. The summed E-state index contributed by atoms with van der Waals surface area (Å²) in [5, 5.41) is 4.57. The number of fused-ring (bicyclic) bond motifs is 1. The molecule has 0 saturated carbocycles. The Bertz CT molecular complexity index is 964. The normalized spacial score (nSPS) is 10.8. The second-order valence-electron chi connectivity index (χ2n) is 5.09. The van der Waals surface area contributed by atoms with Crippen molar-refractivity contribution in [3.63, 3.8) is 0 Å². The van der Waals surface area contributed by atoms with Crippen LogP contribution in [0.2, 0.25) is 15.1 Å². The van der Waals surface area contributed by atoms with Gasteiger partial charge in [0.05, 0.1) is 10.0 Å². The lowest BCUT2D eigenvalue weighted by Gasteiger charge is -2.04. The molecule has 0 aliphatic rings. The number of nitrogens with one attached hydrogen (secondary N) is 1. The Morgan fingerprint density at radius 2 is 1.71 bits per heavy atom. The summed E-state index contributed by atoms with van der Waals surface area (Å²) in [6, 6.07) is 9.95. The molecule has 1 N–H and O–H groups in total. The molecule has 0 atom stereocenters. The molecule has 0 unspecified atom stereocenters. The minimum atomic E-state index is -0.344. The molecule has 0 radical (unpaired) electrons. The van der Waals surface area contributed by atoms with E-state index in [4.69, 9.17) is 34.8 Å². The molecule has 2 aromatic carbocycles. The van der Waals surface area contributed by atoms with Gasteiger partial charge in [0.2, 0.25) is 0 Å². The maximum Gasteiger partial charge on any atom is 0.267 e. The van der Waals surface area contributed by atoms with Crippen molar-refractivity contribution in [1.82, 2.24) is 0 Å². The van der Waals surface area contributed by atoms with E-state index in [2.05, 4.69) is 5.32 Å². The van der Waals surface area contributed by atoms with Crippen LogP contribution >= 0.6 is 46.1 Å². The zero-order valence-corrected chi connectivity index (χ0v) is 15.4. The fourth-order valence-corrected chi connectivity index (χ4v) is 4.51. The zero-order valence-electron chi connectivity index (χ0n) is 12.3. The van der Waals surface area contributed by atoms with Crippen molar-refractivity contribution < 1.29 is 9.59 Å². The van der Waals surface area contributed by atoms with Crippen LogP contribution in [0.3, 0.4) is 0 Å². The van der Waals surface area contributed by atoms with Gasteiger partial charge in [0.15, 0.2) is 5.78 Å². The minimum Gasteiger partial charge on any atom is -0.321 e. The summed E-state index contributed by atoms with van der Waals surface area (Å²) >= 11 is 19.7. The number of carbonyl (C=O) groups excluding carboxylic acids is 2. The van der Waals surface area contributed by atoms with Crippen LogP contribution in [0.1, 0.15) is 27.0 Å². The molecule has 0 spiro atoms. The highest BCUT2D eigenvalue weighted by Gasteiger charge is 2.19. The third-order valence-electron chi connectivity index (χ3n) is 3.41. The number of ketones is 1. The summed E-state index contributed by atoms with van der Waals surface area (Å²) < 4.78 is 0.745. The molecular weight excluding hydrogens is 389 g/mol. The largest absolute Gasteiger partial charge is 0.321 e. The molecule has 3 nitrogen and oxygen atoms in total. The fourth-order valence-electron chi connectivity index (χ4n) is 2.23. The zero-order chi connectivity index (χ0) is 17.4. The monoisotopic (exact) mass is 397 g/mol. The van der Waals surface area contributed by atoms with Gasteiger partial charge in [-0.2, -0.15) is 0 Å². The van der Waals surface area contributed by atoms with Crippen molar-refractivity contribution in [2.24, 2.45) is 0 Å². The maximum atomic E-state index is 12.5. The molecule has 0 aliphatic heterocycles. The van der Waals surface area contributed by atoms with E-state index < -0.39 is 0 Å². The highest BCUT2D eigenvalue weighted by molar-refractivity contribution is 7.21. The van der Waals surface area contributed by atoms with Crippen LogP contribution in [-0.2, 0) is 0 Å². The predicted octanol–water partition coefficient (Wildman–Crippen LogP) is 6.32. The predicted molar refractivity (Wildman–Crippen MR) is 101 cm³/mol. The van der Waals surface area contributed by atoms with Crippen molar-refractivity contribution in [2.75, 3.05) is 5.32 Å². The van der Waals surface area contributed by atoms with Gasteiger partial charge in [-0.15, -0.1) is 11.3 Å². The molecule has 3 aromatic rings. The van der Waals surface area contributed by atoms with Gasteiger partial charge in [0.25, 0.3) is 5.91 Å². The van der Waals surface area contributed by atoms with E-state index in [9.17, 15) is 9.59 Å². The number of Topliss-reactive ketones (excluding diaryl/α,β-unsaturated/α-hetero) is 1. The first-order chi connectivity index (χ1) is 11.4.